The van der Waals surface area contributed by atoms with Crippen LogP contribution in [0, 0.1) is 5.92 Å². The summed E-state index contributed by atoms with van der Waals surface area (Å²) >= 11 is 0. The molecule has 0 bridgehead atoms. The Bertz CT molecular complexity index is 599. The number of carboxylic acids is 1. The number of aromatic hydroxyl groups is 1. The highest BCUT2D eigenvalue weighted by molar-refractivity contribution is 5.87. The number of aliphatic carboxylic acids is 1. The number of hydrogen-bond donors (Lipinski definition) is 2. The molecule has 2 unspecified atom stereocenters. The first-order valence-corrected chi connectivity index (χ1v) is 6.80. The summed E-state index contributed by atoms with van der Waals surface area (Å²) in [4.78, 5) is 36.2. The molecule has 1 aliphatic heterocycles. The van der Waals surface area contributed by atoms with E-state index in [1.165, 1.54) is 24.1 Å². The van der Waals surface area contributed by atoms with Gasteiger partial charge < -0.3 is 19.8 Å². The van der Waals surface area contributed by atoms with E-state index in [9.17, 15) is 19.5 Å². The standard InChI is InChI=1S/C15H17NO6/c1-22-15(21)10-6-13(18)16(8-10)12(7-14(19)20)9-3-2-4-11(17)5-9/h2-5,10,12,17H,6-8H2,1H3,(H,19,20). The van der Waals surface area contributed by atoms with Crippen molar-refractivity contribution >= 4 is 17.8 Å². The van der Waals surface area contributed by atoms with Crippen LogP contribution in [0.2, 0.25) is 0 Å². The van der Waals surface area contributed by atoms with Crippen molar-refractivity contribution in [1.29, 1.82) is 0 Å². The monoisotopic (exact) mass is 307 g/mol. The topological polar surface area (TPSA) is 104 Å². The van der Waals surface area contributed by atoms with Crippen LogP contribution in [-0.4, -0.2) is 46.6 Å². The van der Waals surface area contributed by atoms with Crippen molar-refractivity contribution < 1.29 is 29.3 Å². The largest absolute Gasteiger partial charge is 0.508 e. The minimum atomic E-state index is -1.07. The third kappa shape index (κ3) is 3.36. The predicted molar refractivity (Wildman–Crippen MR) is 74.9 cm³/mol. The maximum absolute atomic E-state index is 12.1. The molecular formula is C15H17NO6. The van der Waals surface area contributed by atoms with Crippen molar-refractivity contribution in [2.24, 2.45) is 5.92 Å². The highest BCUT2D eigenvalue weighted by atomic mass is 16.5. The van der Waals surface area contributed by atoms with Crippen molar-refractivity contribution in [3.05, 3.63) is 29.8 Å². The number of nitrogens with zero attached hydrogens (tertiary/aromatic N) is 1. The Morgan fingerprint density at radius 3 is 2.77 bits per heavy atom. The number of likely N-dealkylation sites (tertiary alicyclic amines) is 1. The molecule has 1 aromatic rings. The predicted octanol–water partition coefficient (Wildman–Crippen LogP) is 0.929. The molecule has 1 aromatic carbocycles. The molecule has 1 fully saturated rings. The van der Waals surface area contributed by atoms with E-state index >= 15 is 0 Å². The number of benzene rings is 1. The lowest BCUT2D eigenvalue weighted by Gasteiger charge is -2.27. The lowest BCUT2D eigenvalue weighted by atomic mass is 10.0. The molecule has 2 atom stereocenters. The second-order valence-corrected chi connectivity index (χ2v) is 5.18. The van der Waals surface area contributed by atoms with Crippen LogP contribution in [0.1, 0.15) is 24.4 Å². The fourth-order valence-electron chi connectivity index (χ4n) is 2.66. The summed E-state index contributed by atoms with van der Waals surface area (Å²) in [7, 11) is 1.25. The normalized spacial score (nSPS) is 19.0. The summed E-state index contributed by atoms with van der Waals surface area (Å²) in [6, 6.07) is 5.38. The Kier molecular flexibility index (Phi) is 4.65. The molecule has 22 heavy (non-hydrogen) atoms. The van der Waals surface area contributed by atoms with E-state index < -0.39 is 23.9 Å². The number of carbonyl (C=O) groups is 3. The third-order valence-corrected chi connectivity index (χ3v) is 3.69. The van der Waals surface area contributed by atoms with Gasteiger partial charge in [-0.25, -0.2) is 0 Å². The molecule has 0 radical (unpaired) electrons. The van der Waals surface area contributed by atoms with Crippen molar-refractivity contribution in [3.63, 3.8) is 0 Å². The lowest BCUT2D eigenvalue weighted by molar-refractivity contribution is -0.145. The fourth-order valence-corrected chi connectivity index (χ4v) is 2.66. The molecule has 1 heterocycles. The van der Waals surface area contributed by atoms with Crippen LogP contribution in [0.3, 0.4) is 0 Å². The maximum atomic E-state index is 12.1. The van der Waals surface area contributed by atoms with Crippen LogP contribution in [0.25, 0.3) is 0 Å². The minimum Gasteiger partial charge on any atom is -0.508 e. The molecule has 0 aliphatic carbocycles. The van der Waals surface area contributed by atoms with Crippen LogP contribution in [0.4, 0.5) is 0 Å². The van der Waals surface area contributed by atoms with Gasteiger partial charge in [0.25, 0.3) is 0 Å². The number of methoxy groups -OCH3 is 1. The summed E-state index contributed by atoms with van der Waals surface area (Å²) in [5, 5.41) is 18.6. The van der Waals surface area contributed by atoms with Crippen LogP contribution in [0.5, 0.6) is 5.75 Å². The van der Waals surface area contributed by atoms with E-state index in [0.717, 1.165) is 0 Å². The van der Waals surface area contributed by atoms with Crippen molar-refractivity contribution in [2.45, 2.75) is 18.9 Å². The van der Waals surface area contributed by atoms with Gasteiger partial charge in [0.2, 0.25) is 5.91 Å². The summed E-state index contributed by atoms with van der Waals surface area (Å²) in [5.74, 6) is -2.45. The number of carboxylic acid groups (broad SMARTS) is 1. The van der Waals surface area contributed by atoms with E-state index in [2.05, 4.69) is 4.74 Å². The fraction of sp³-hybridized carbons (Fsp3) is 0.400. The van der Waals surface area contributed by atoms with E-state index in [-0.39, 0.29) is 31.0 Å². The Hall–Kier alpha value is -2.57. The molecule has 2 N–H and O–H groups in total. The van der Waals surface area contributed by atoms with Gasteiger partial charge in [0, 0.05) is 13.0 Å². The third-order valence-electron chi connectivity index (χ3n) is 3.69. The lowest BCUT2D eigenvalue weighted by Crippen LogP contribution is -2.32. The number of amides is 1. The van der Waals surface area contributed by atoms with E-state index in [1.807, 2.05) is 0 Å². The molecule has 2 rings (SSSR count). The van der Waals surface area contributed by atoms with Gasteiger partial charge in [-0.2, -0.15) is 0 Å². The number of rotatable bonds is 5. The van der Waals surface area contributed by atoms with Crippen LogP contribution < -0.4 is 0 Å². The Balaban J connectivity index is 2.28. The number of ether oxygens (including phenoxy) is 1. The Labute approximate surface area is 127 Å². The van der Waals surface area contributed by atoms with E-state index in [1.54, 1.807) is 12.1 Å². The highest BCUT2D eigenvalue weighted by Crippen LogP contribution is 2.32. The summed E-state index contributed by atoms with van der Waals surface area (Å²) in [6.45, 7) is 0.110. The van der Waals surface area contributed by atoms with Gasteiger partial charge in [-0.15, -0.1) is 0 Å². The van der Waals surface area contributed by atoms with Crippen LogP contribution >= 0.6 is 0 Å². The van der Waals surface area contributed by atoms with Crippen LogP contribution in [-0.2, 0) is 19.1 Å². The number of carbonyl (C=O) groups excluding carboxylic acids is 2. The summed E-state index contributed by atoms with van der Waals surface area (Å²) in [6.07, 6.45) is -0.301. The van der Waals surface area contributed by atoms with Gasteiger partial charge in [-0.1, -0.05) is 12.1 Å². The smallest absolute Gasteiger partial charge is 0.310 e. The Morgan fingerprint density at radius 2 is 2.18 bits per heavy atom. The first-order valence-electron chi connectivity index (χ1n) is 6.80. The zero-order valence-corrected chi connectivity index (χ0v) is 12.1. The molecule has 0 saturated carbocycles. The van der Waals surface area contributed by atoms with Gasteiger partial charge in [-0.05, 0) is 17.7 Å². The van der Waals surface area contributed by atoms with Crippen molar-refractivity contribution in [2.75, 3.05) is 13.7 Å². The second kappa shape index (κ2) is 6.46. The van der Waals surface area contributed by atoms with Gasteiger partial charge in [-0.3, -0.25) is 14.4 Å². The zero-order chi connectivity index (χ0) is 16.3. The highest BCUT2D eigenvalue weighted by Gasteiger charge is 2.39. The van der Waals surface area contributed by atoms with Crippen LogP contribution in [0.15, 0.2) is 24.3 Å². The summed E-state index contributed by atoms with van der Waals surface area (Å²) < 4.78 is 4.64. The summed E-state index contributed by atoms with van der Waals surface area (Å²) in [5.41, 5.74) is 0.515. The average molecular weight is 307 g/mol. The van der Waals surface area contributed by atoms with Crippen molar-refractivity contribution in [3.8, 4) is 5.75 Å². The van der Waals surface area contributed by atoms with Gasteiger partial charge in [0.15, 0.2) is 0 Å². The molecular weight excluding hydrogens is 290 g/mol. The van der Waals surface area contributed by atoms with E-state index in [4.69, 9.17) is 5.11 Å². The molecule has 7 heteroatoms. The van der Waals surface area contributed by atoms with Crippen molar-refractivity contribution in [1.82, 2.24) is 4.90 Å². The number of hydrogen-bond acceptors (Lipinski definition) is 5. The van der Waals surface area contributed by atoms with Gasteiger partial charge in [0.1, 0.15) is 5.75 Å². The quantitative estimate of drug-likeness (QED) is 0.784. The molecule has 1 saturated heterocycles. The average Bonchev–Trinajstić information content (AvgIpc) is 2.85. The molecule has 0 aromatic heterocycles. The minimum absolute atomic E-state index is 0.00160. The molecule has 0 spiro atoms. The SMILES string of the molecule is COC(=O)C1CC(=O)N(C(CC(=O)O)c2cccc(O)c2)C1. The Morgan fingerprint density at radius 1 is 1.45 bits per heavy atom. The molecule has 118 valence electrons. The first kappa shape index (κ1) is 15.8. The molecule has 7 nitrogen and oxygen atoms in total. The molecule has 1 aliphatic rings. The zero-order valence-electron chi connectivity index (χ0n) is 12.1. The number of phenols is 1. The van der Waals surface area contributed by atoms with E-state index in [0.29, 0.717) is 5.56 Å². The first-order chi connectivity index (χ1) is 10.4. The number of esters is 1. The van der Waals surface area contributed by atoms with Gasteiger partial charge in [0.05, 0.1) is 25.5 Å². The maximum Gasteiger partial charge on any atom is 0.310 e. The molecule has 1 amide bonds. The second-order valence-electron chi connectivity index (χ2n) is 5.18. The number of phenolic OH excluding ortho intramolecular Hbond substituents is 1. The van der Waals surface area contributed by atoms with Gasteiger partial charge >= 0.3 is 11.9 Å².